The highest BCUT2D eigenvalue weighted by molar-refractivity contribution is 9.11. The van der Waals surface area contributed by atoms with Gasteiger partial charge in [-0.15, -0.1) is 0 Å². The van der Waals surface area contributed by atoms with Crippen LogP contribution >= 0.6 is 31.9 Å². The number of nitriles is 1. The van der Waals surface area contributed by atoms with Crippen molar-refractivity contribution in [2.75, 3.05) is 20.1 Å². The molecule has 1 heterocycles. The first-order valence-electron chi connectivity index (χ1n) is 12.0. The van der Waals surface area contributed by atoms with Crippen molar-refractivity contribution in [3.63, 3.8) is 0 Å². The van der Waals surface area contributed by atoms with Crippen LogP contribution in [-0.4, -0.2) is 47.5 Å². The summed E-state index contributed by atoms with van der Waals surface area (Å²) in [5, 5.41) is 9.24. The second kappa shape index (κ2) is 11.4. The lowest BCUT2D eigenvalue weighted by atomic mass is 9.70. The molecule has 0 N–H and O–H groups in total. The van der Waals surface area contributed by atoms with Crippen LogP contribution in [0.15, 0.2) is 51.4 Å². The van der Waals surface area contributed by atoms with Crippen molar-refractivity contribution in [1.29, 1.82) is 5.26 Å². The lowest BCUT2D eigenvalue weighted by molar-refractivity contribution is -0.133. The van der Waals surface area contributed by atoms with Gasteiger partial charge in [0, 0.05) is 40.9 Å². The molecule has 2 aromatic rings. The van der Waals surface area contributed by atoms with Gasteiger partial charge in [-0.3, -0.25) is 4.79 Å². The largest absolute Gasteiger partial charge is 0.444 e. The lowest BCUT2D eigenvalue weighted by Crippen LogP contribution is -2.48. The fourth-order valence-electron chi connectivity index (χ4n) is 4.58. The maximum absolute atomic E-state index is 13.6. The normalized spacial score (nSPS) is 16.1. The number of carbonyl (C=O) groups excluding carboxylic acids is 2. The molecule has 1 fully saturated rings. The standard InChI is InChI=1S/C28H33Br2N3O3/c1-19(21-14-23(29)16-24(30)15-21)32(5)25(34)17-28(22-8-6-20(18-31)7-9-22)10-12-33(13-11-28)26(35)36-27(2,3)4/h6-9,14-16,19H,10-13,17H2,1-5H3. The number of rotatable bonds is 5. The minimum absolute atomic E-state index is 0.0358. The van der Waals surface area contributed by atoms with Crippen LogP contribution in [0.3, 0.4) is 0 Å². The van der Waals surface area contributed by atoms with Gasteiger partial charge in [0.1, 0.15) is 5.60 Å². The Morgan fingerprint density at radius 1 is 1.11 bits per heavy atom. The average molecular weight is 619 g/mol. The minimum Gasteiger partial charge on any atom is -0.444 e. The van der Waals surface area contributed by atoms with Crippen molar-refractivity contribution < 1.29 is 14.3 Å². The molecule has 0 aliphatic carbocycles. The van der Waals surface area contributed by atoms with Gasteiger partial charge in [0.2, 0.25) is 5.91 Å². The van der Waals surface area contributed by atoms with Crippen LogP contribution in [0.2, 0.25) is 0 Å². The summed E-state index contributed by atoms with van der Waals surface area (Å²) in [6.45, 7) is 8.59. The summed E-state index contributed by atoms with van der Waals surface area (Å²) < 4.78 is 7.46. The number of halogens is 2. The maximum atomic E-state index is 13.6. The predicted octanol–water partition coefficient (Wildman–Crippen LogP) is 6.96. The summed E-state index contributed by atoms with van der Waals surface area (Å²) in [7, 11) is 1.84. The van der Waals surface area contributed by atoms with E-state index in [9.17, 15) is 14.9 Å². The van der Waals surface area contributed by atoms with Crippen molar-refractivity contribution in [3.8, 4) is 6.07 Å². The van der Waals surface area contributed by atoms with Crippen LogP contribution in [0.1, 0.15) is 69.7 Å². The van der Waals surface area contributed by atoms with Gasteiger partial charge in [0.15, 0.2) is 0 Å². The van der Waals surface area contributed by atoms with Crippen LogP contribution in [0.4, 0.5) is 4.79 Å². The third-order valence-electron chi connectivity index (χ3n) is 6.83. The number of ether oxygens (including phenoxy) is 1. The van der Waals surface area contributed by atoms with Crippen molar-refractivity contribution in [3.05, 3.63) is 68.1 Å². The van der Waals surface area contributed by atoms with Gasteiger partial charge in [0.25, 0.3) is 0 Å². The van der Waals surface area contributed by atoms with Gasteiger partial charge < -0.3 is 14.5 Å². The molecular weight excluding hydrogens is 586 g/mol. The zero-order chi connectivity index (χ0) is 26.7. The molecule has 2 amide bonds. The molecule has 0 aromatic heterocycles. The SMILES string of the molecule is CC(c1cc(Br)cc(Br)c1)N(C)C(=O)CC1(c2ccc(C#N)cc2)CCN(C(=O)OC(C)(C)C)CC1. The molecule has 6 nitrogen and oxygen atoms in total. The Hall–Kier alpha value is -2.37. The fraction of sp³-hybridized carbons (Fsp3) is 0.464. The molecule has 0 bridgehead atoms. The molecule has 3 rings (SSSR count). The summed E-state index contributed by atoms with van der Waals surface area (Å²) in [6.07, 6.45) is 1.26. The van der Waals surface area contributed by atoms with E-state index in [-0.39, 0.29) is 18.0 Å². The van der Waals surface area contributed by atoms with Crippen molar-refractivity contribution in [2.45, 2.75) is 64.0 Å². The summed E-state index contributed by atoms with van der Waals surface area (Å²) in [5.74, 6) is 0.0358. The molecule has 1 saturated heterocycles. The number of hydrogen-bond donors (Lipinski definition) is 0. The molecule has 192 valence electrons. The number of benzene rings is 2. The number of piperidine rings is 1. The van der Waals surface area contributed by atoms with Crippen molar-refractivity contribution >= 4 is 43.9 Å². The minimum atomic E-state index is -0.561. The smallest absolute Gasteiger partial charge is 0.410 e. The van der Waals surface area contributed by atoms with E-state index in [0.29, 0.717) is 37.9 Å². The summed E-state index contributed by atoms with van der Waals surface area (Å²) >= 11 is 7.07. The van der Waals surface area contributed by atoms with Crippen LogP contribution in [0.5, 0.6) is 0 Å². The first-order valence-corrected chi connectivity index (χ1v) is 13.6. The Labute approximate surface area is 230 Å². The van der Waals surface area contributed by atoms with Crippen LogP contribution in [-0.2, 0) is 14.9 Å². The van der Waals surface area contributed by atoms with E-state index in [2.05, 4.69) is 37.9 Å². The van der Waals surface area contributed by atoms with Crippen molar-refractivity contribution in [2.24, 2.45) is 0 Å². The van der Waals surface area contributed by atoms with E-state index < -0.39 is 11.0 Å². The van der Waals surface area contributed by atoms with E-state index in [1.54, 1.807) is 21.9 Å². The Bertz CT molecular complexity index is 1120. The number of amides is 2. The number of carbonyl (C=O) groups is 2. The van der Waals surface area contributed by atoms with E-state index >= 15 is 0 Å². The topological polar surface area (TPSA) is 73.6 Å². The Morgan fingerprint density at radius 2 is 1.67 bits per heavy atom. The third kappa shape index (κ3) is 6.89. The van der Waals surface area contributed by atoms with Gasteiger partial charge in [-0.25, -0.2) is 4.79 Å². The number of hydrogen-bond acceptors (Lipinski definition) is 4. The molecule has 8 heteroatoms. The van der Waals surface area contributed by atoms with Gasteiger partial charge in [0.05, 0.1) is 17.7 Å². The van der Waals surface area contributed by atoms with Gasteiger partial charge in [-0.05, 0) is 82.0 Å². The average Bonchev–Trinajstić information content (AvgIpc) is 2.81. The van der Waals surface area contributed by atoms with Crippen LogP contribution in [0, 0.1) is 11.3 Å². The summed E-state index contributed by atoms with van der Waals surface area (Å²) in [4.78, 5) is 29.8. The molecule has 0 radical (unpaired) electrons. The van der Waals surface area contributed by atoms with Gasteiger partial charge >= 0.3 is 6.09 Å². The molecule has 0 spiro atoms. The number of likely N-dealkylation sites (tertiary alicyclic amines) is 1. The van der Waals surface area contributed by atoms with Crippen LogP contribution < -0.4 is 0 Å². The van der Waals surface area contributed by atoms with Crippen LogP contribution in [0.25, 0.3) is 0 Å². The van der Waals surface area contributed by atoms with Gasteiger partial charge in [-0.2, -0.15) is 5.26 Å². The van der Waals surface area contributed by atoms with E-state index in [1.165, 1.54) is 0 Å². The molecule has 1 unspecified atom stereocenters. The molecular formula is C28H33Br2N3O3. The highest BCUT2D eigenvalue weighted by Gasteiger charge is 2.41. The predicted molar refractivity (Wildman–Crippen MR) is 148 cm³/mol. The zero-order valence-electron chi connectivity index (χ0n) is 21.5. The second-order valence-electron chi connectivity index (χ2n) is 10.5. The van der Waals surface area contributed by atoms with Gasteiger partial charge in [-0.1, -0.05) is 44.0 Å². The van der Waals surface area contributed by atoms with E-state index in [0.717, 1.165) is 20.1 Å². The first-order chi connectivity index (χ1) is 16.8. The molecule has 2 aromatic carbocycles. The molecule has 1 aliphatic rings. The summed E-state index contributed by atoms with van der Waals surface area (Å²) in [5.41, 5.74) is 1.63. The number of nitrogens with zero attached hydrogens (tertiary/aromatic N) is 3. The maximum Gasteiger partial charge on any atom is 0.410 e. The first kappa shape index (κ1) is 28.2. The molecule has 1 aliphatic heterocycles. The highest BCUT2D eigenvalue weighted by Crippen LogP contribution is 2.40. The summed E-state index contributed by atoms with van der Waals surface area (Å²) in [6, 6.07) is 15.6. The zero-order valence-corrected chi connectivity index (χ0v) is 24.6. The highest BCUT2D eigenvalue weighted by atomic mass is 79.9. The Balaban J connectivity index is 1.83. The fourth-order valence-corrected chi connectivity index (χ4v) is 5.91. The second-order valence-corrected chi connectivity index (χ2v) is 12.3. The Kier molecular flexibility index (Phi) is 8.89. The van der Waals surface area contributed by atoms with Crippen molar-refractivity contribution in [1.82, 2.24) is 9.80 Å². The Morgan fingerprint density at radius 3 is 2.17 bits per heavy atom. The molecule has 0 saturated carbocycles. The van der Waals surface area contributed by atoms with E-state index in [1.807, 2.05) is 65.1 Å². The quantitative estimate of drug-likeness (QED) is 0.363. The lowest BCUT2D eigenvalue weighted by Gasteiger charge is -2.43. The molecule has 36 heavy (non-hydrogen) atoms. The molecule has 1 atom stereocenters. The monoisotopic (exact) mass is 617 g/mol. The van der Waals surface area contributed by atoms with E-state index in [4.69, 9.17) is 4.74 Å². The third-order valence-corrected chi connectivity index (χ3v) is 7.75.